The second-order valence-electron chi connectivity index (χ2n) is 5.42. The molecule has 6 nitrogen and oxygen atoms in total. The SMILES string of the molecule is Cc1nc(C(C)NC(=O)NCc2ccccc2-n2cccn2)cs1. The molecule has 0 aliphatic heterocycles. The number of amides is 2. The Bertz CT molecular complexity index is 812. The summed E-state index contributed by atoms with van der Waals surface area (Å²) in [6, 6.07) is 9.37. The molecule has 1 unspecified atom stereocenters. The molecule has 0 saturated carbocycles. The van der Waals surface area contributed by atoms with Crippen LogP contribution in [-0.2, 0) is 6.54 Å². The molecule has 0 saturated heterocycles. The Labute approximate surface area is 144 Å². The van der Waals surface area contributed by atoms with E-state index in [2.05, 4.69) is 20.7 Å². The van der Waals surface area contributed by atoms with Gasteiger partial charge in [-0.3, -0.25) is 0 Å². The lowest BCUT2D eigenvalue weighted by molar-refractivity contribution is 0.237. The van der Waals surface area contributed by atoms with Crippen molar-refractivity contribution in [2.75, 3.05) is 0 Å². The fourth-order valence-electron chi connectivity index (χ4n) is 2.37. The molecule has 2 N–H and O–H groups in total. The highest BCUT2D eigenvalue weighted by molar-refractivity contribution is 7.09. The van der Waals surface area contributed by atoms with Crippen molar-refractivity contribution in [2.24, 2.45) is 0 Å². The number of urea groups is 1. The summed E-state index contributed by atoms with van der Waals surface area (Å²) >= 11 is 1.58. The zero-order chi connectivity index (χ0) is 16.9. The van der Waals surface area contributed by atoms with E-state index in [1.807, 2.05) is 55.8 Å². The van der Waals surface area contributed by atoms with E-state index in [-0.39, 0.29) is 12.1 Å². The van der Waals surface area contributed by atoms with Crippen molar-refractivity contribution in [3.05, 3.63) is 64.4 Å². The lowest BCUT2D eigenvalue weighted by atomic mass is 10.2. The molecule has 0 aliphatic rings. The molecule has 2 heterocycles. The van der Waals surface area contributed by atoms with Crippen LogP contribution in [0.15, 0.2) is 48.1 Å². The van der Waals surface area contributed by atoms with E-state index >= 15 is 0 Å². The number of hydrogen-bond acceptors (Lipinski definition) is 4. The maximum atomic E-state index is 12.1. The molecule has 1 aromatic carbocycles. The summed E-state index contributed by atoms with van der Waals surface area (Å²) in [5.74, 6) is 0. The van der Waals surface area contributed by atoms with Gasteiger partial charge in [-0.25, -0.2) is 14.5 Å². The van der Waals surface area contributed by atoms with Crippen LogP contribution in [0.4, 0.5) is 4.79 Å². The Hall–Kier alpha value is -2.67. The minimum Gasteiger partial charge on any atom is -0.334 e. The van der Waals surface area contributed by atoms with Gasteiger partial charge in [0.1, 0.15) is 0 Å². The van der Waals surface area contributed by atoms with Gasteiger partial charge in [-0.15, -0.1) is 11.3 Å². The van der Waals surface area contributed by atoms with Crippen LogP contribution >= 0.6 is 11.3 Å². The van der Waals surface area contributed by atoms with E-state index in [4.69, 9.17) is 0 Å². The number of hydrogen-bond donors (Lipinski definition) is 2. The summed E-state index contributed by atoms with van der Waals surface area (Å²) < 4.78 is 1.79. The molecule has 3 aromatic rings. The van der Waals surface area contributed by atoms with Crippen LogP contribution in [-0.4, -0.2) is 20.8 Å². The number of carbonyl (C=O) groups excluding carboxylic acids is 1. The van der Waals surface area contributed by atoms with Gasteiger partial charge in [0, 0.05) is 24.3 Å². The van der Waals surface area contributed by atoms with Crippen molar-refractivity contribution in [3.63, 3.8) is 0 Å². The maximum Gasteiger partial charge on any atom is 0.315 e. The van der Waals surface area contributed by atoms with E-state index in [0.717, 1.165) is 22.0 Å². The van der Waals surface area contributed by atoms with Gasteiger partial charge in [-0.05, 0) is 31.5 Å². The molecule has 124 valence electrons. The summed E-state index contributed by atoms with van der Waals surface area (Å²) in [5.41, 5.74) is 2.82. The summed E-state index contributed by atoms with van der Waals surface area (Å²) in [7, 11) is 0. The molecular formula is C17H19N5OS. The standard InChI is InChI=1S/C17H19N5OS/c1-12(15-11-24-13(2)21-15)20-17(23)18-10-14-6-3-4-7-16(14)22-9-5-8-19-22/h3-9,11-12H,10H2,1-2H3,(H2,18,20,23). The second-order valence-corrected chi connectivity index (χ2v) is 6.48. The predicted molar refractivity (Wildman–Crippen MR) is 94.2 cm³/mol. The van der Waals surface area contributed by atoms with Crippen LogP contribution < -0.4 is 10.6 Å². The van der Waals surface area contributed by atoms with Crippen LogP contribution in [0.5, 0.6) is 0 Å². The van der Waals surface area contributed by atoms with E-state index in [1.54, 1.807) is 22.2 Å². The summed E-state index contributed by atoms with van der Waals surface area (Å²) in [5, 5.41) is 13.0. The average molecular weight is 341 g/mol. The Morgan fingerprint density at radius 2 is 2.17 bits per heavy atom. The highest BCUT2D eigenvalue weighted by atomic mass is 32.1. The fourth-order valence-corrected chi connectivity index (χ4v) is 3.08. The molecule has 3 rings (SSSR count). The summed E-state index contributed by atoms with van der Waals surface area (Å²) in [6.07, 6.45) is 3.61. The second kappa shape index (κ2) is 7.27. The van der Waals surface area contributed by atoms with E-state index < -0.39 is 0 Å². The number of aromatic nitrogens is 3. The lowest BCUT2D eigenvalue weighted by Crippen LogP contribution is -2.36. The molecule has 7 heteroatoms. The van der Waals surface area contributed by atoms with Gasteiger partial charge in [0.15, 0.2) is 0 Å². The fraction of sp³-hybridized carbons (Fsp3) is 0.235. The number of aryl methyl sites for hydroxylation is 1. The number of thiazole rings is 1. The number of benzene rings is 1. The number of para-hydroxylation sites is 1. The third kappa shape index (κ3) is 3.80. The first kappa shape index (κ1) is 16.2. The maximum absolute atomic E-state index is 12.1. The predicted octanol–water partition coefficient (Wildman–Crippen LogP) is 3.20. The van der Waals surface area contributed by atoms with Crippen molar-refractivity contribution >= 4 is 17.4 Å². The van der Waals surface area contributed by atoms with Crippen LogP contribution in [0.3, 0.4) is 0 Å². The van der Waals surface area contributed by atoms with Gasteiger partial charge >= 0.3 is 6.03 Å². The van der Waals surface area contributed by atoms with Crippen LogP contribution in [0.25, 0.3) is 5.69 Å². The molecule has 2 amide bonds. The molecule has 0 radical (unpaired) electrons. The monoisotopic (exact) mass is 341 g/mol. The topological polar surface area (TPSA) is 71.8 Å². The highest BCUT2D eigenvalue weighted by Crippen LogP contribution is 2.16. The lowest BCUT2D eigenvalue weighted by Gasteiger charge is -2.14. The van der Waals surface area contributed by atoms with Gasteiger partial charge in [-0.2, -0.15) is 5.10 Å². The Balaban J connectivity index is 1.61. The zero-order valence-electron chi connectivity index (χ0n) is 13.6. The molecule has 0 fully saturated rings. The third-order valence-corrected chi connectivity index (χ3v) is 4.40. The van der Waals surface area contributed by atoms with Gasteiger partial charge in [0.2, 0.25) is 0 Å². The van der Waals surface area contributed by atoms with Crippen molar-refractivity contribution in [1.82, 2.24) is 25.4 Å². The number of nitrogens with one attached hydrogen (secondary N) is 2. The average Bonchev–Trinajstić information content (AvgIpc) is 3.24. The van der Waals surface area contributed by atoms with E-state index in [1.165, 1.54) is 0 Å². The number of rotatable bonds is 5. The molecule has 24 heavy (non-hydrogen) atoms. The molecular weight excluding hydrogens is 322 g/mol. The minimum atomic E-state index is -0.219. The van der Waals surface area contributed by atoms with Crippen molar-refractivity contribution in [3.8, 4) is 5.69 Å². The van der Waals surface area contributed by atoms with Crippen LogP contribution in [0, 0.1) is 6.92 Å². The Kier molecular flexibility index (Phi) is 4.90. The third-order valence-electron chi connectivity index (χ3n) is 3.61. The van der Waals surface area contributed by atoms with Gasteiger partial charge in [0.05, 0.1) is 22.4 Å². The number of nitrogens with zero attached hydrogens (tertiary/aromatic N) is 3. The Morgan fingerprint density at radius 3 is 2.88 bits per heavy atom. The molecule has 0 aliphatic carbocycles. The molecule has 2 aromatic heterocycles. The van der Waals surface area contributed by atoms with Gasteiger partial charge in [0.25, 0.3) is 0 Å². The van der Waals surface area contributed by atoms with E-state index in [9.17, 15) is 4.79 Å². The largest absolute Gasteiger partial charge is 0.334 e. The first-order valence-electron chi connectivity index (χ1n) is 7.68. The number of carbonyl (C=O) groups is 1. The first-order valence-corrected chi connectivity index (χ1v) is 8.56. The van der Waals surface area contributed by atoms with Crippen LogP contribution in [0.1, 0.15) is 29.2 Å². The quantitative estimate of drug-likeness (QED) is 0.748. The smallest absolute Gasteiger partial charge is 0.315 e. The van der Waals surface area contributed by atoms with Gasteiger partial charge in [-0.1, -0.05) is 18.2 Å². The molecule has 0 bridgehead atoms. The first-order chi connectivity index (χ1) is 11.6. The van der Waals surface area contributed by atoms with Gasteiger partial charge < -0.3 is 10.6 Å². The Morgan fingerprint density at radius 1 is 1.33 bits per heavy atom. The molecule has 1 atom stereocenters. The van der Waals surface area contributed by atoms with Crippen molar-refractivity contribution in [1.29, 1.82) is 0 Å². The normalized spacial score (nSPS) is 11.9. The van der Waals surface area contributed by atoms with Crippen molar-refractivity contribution in [2.45, 2.75) is 26.4 Å². The minimum absolute atomic E-state index is 0.128. The zero-order valence-corrected chi connectivity index (χ0v) is 14.4. The van der Waals surface area contributed by atoms with Crippen molar-refractivity contribution < 1.29 is 4.79 Å². The molecule has 0 spiro atoms. The van der Waals surface area contributed by atoms with Crippen LogP contribution in [0.2, 0.25) is 0 Å². The highest BCUT2D eigenvalue weighted by Gasteiger charge is 2.12. The van der Waals surface area contributed by atoms with E-state index in [0.29, 0.717) is 6.54 Å². The summed E-state index contributed by atoms with van der Waals surface area (Å²) in [6.45, 7) is 4.30. The summed E-state index contributed by atoms with van der Waals surface area (Å²) in [4.78, 5) is 16.5.